The van der Waals surface area contributed by atoms with E-state index in [0.29, 0.717) is 12.0 Å². The van der Waals surface area contributed by atoms with E-state index in [1.807, 2.05) is 0 Å². The minimum atomic E-state index is -0.716. The van der Waals surface area contributed by atoms with Crippen molar-refractivity contribution in [1.82, 2.24) is 0 Å². The monoisotopic (exact) mass is 246 g/mol. The van der Waals surface area contributed by atoms with Gasteiger partial charge in [-0.05, 0) is 28.4 Å². The van der Waals surface area contributed by atoms with Crippen LogP contribution in [0.5, 0.6) is 0 Å². The van der Waals surface area contributed by atoms with E-state index in [9.17, 15) is 13.6 Å². The summed E-state index contributed by atoms with van der Waals surface area (Å²) in [6, 6.07) is 1.10. The molecule has 2 rings (SSSR count). The number of halogens is 3. The molecule has 0 spiro atoms. The molecule has 0 aliphatic heterocycles. The van der Waals surface area contributed by atoms with Crippen LogP contribution in [-0.4, -0.2) is 5.78 Å². The maximum absolute atomic E-state index is 13.3. The quantitative estimate of drug-likeness (QED) is 0.644. The molecule has 68 valence electrons. The fourth-order valence-corrected chi connectivity index (χ4v) is 1.85. The molecular formula is C9H5BrF2O. The molecule has 0 N–H and O–H groups in total. The molecule has 0 saturated heterocycles. The van der Waals surface area contributed by atoms with Crippen LogP contribution in [0.3, 0.4) is 0 Å². The highest BCUT2D eigenvalue weighted by molar-refractivity contribution is 9.10. The van der Waals surface area contributed by atoms with Crippen molar-refractivity contribution in [3.63, 3.8) is 0 Å². The Kier molecular flexibility index (Phi) is 1.95. The van der Waals surface area contributed by atoms with Crippen molar-refractivity contribution in [2.24, 2.45) is 0 Å². The van der Waals surface area contributed by atoms with Crippen molar-refractivity contribution >= 4 is 21.7 Å². The Hall–Kier alpha value is -0.770. The van der Waals surface area contributed by atoms with Crippen LogP contribution in [0.1, 0.15) is 22.3 Å². The summed E-state index contributed by atoms with van der Waals surface area (Å²) in [5.41, 5.74) is 0.525. The molecule has 0 aromatic heterocycles. The number of carbonyl (C=O) groups excluding carboxylic acids is 1. The molecule has 1 aromatic rings. The number of hydrogen-bond donors (Lipinski definition) is 0. The lowest BCUT2D eigenvalue weighted by atomic mass is 10.1. The number of benzene rings is 1. The summed E-state index contributed by atoms with van der Waals surface area (Å²) in [6.07, 6.45) is 0.654. The first-order valence-corrected chi connectivity index (χ1v) is 4.60. The Balaban J connectivity index is 2.74. The van der Waals surface area contributed by atoms with Gasteiger partial charge in [-0.1, -0.05) is 0 Å². The molecule has 1 aliphatic carbocycles. The Bertz CT molecular complexity index is 401. The van der Waals surface area contributed by atoms with Gasteiger partial charge in [-0.2, -0.15) is 0 Å². The third kappa shape index (κ3) is 1.20. The summed E-state index contributed by atoms with van der Waals surface area (Å²) in [4.78, 5) is 11.1. The summed E-state index contributed by atoms with van der Waals surface area (Å²) >= 11 is 2.79. The normalized spacial score (nSPS) is 14.8. The lowest BCUT2D eigenvalue weighted by molar-refractivity contribution is 0.0994. The van der Waals surface area contributed by atoms with E-state index < -0.39 is 11.6 Å². The number of carbonyl (C=O) groups is 1. The second-order valence-electron chi connectivity index (χ2n) is 2.94. The molecule has 0 amide bonds. The van der Waals surface area contributed by atoms with Crippen LogP contribution in [0.2, 0.25) is 0 Å². The highest BCUT2D eigenvalue weighted by atomic mass is 79.9. The van der Waals surface area contributed by atoms with Crippen molar-refractivity contribution in [3.05, 3.63) is 33.3 Å². The number of Topliss-reactive ketones (excluding diaryl/α,β-unsaturated/α-hetero) is 1. The van der Waals surface area contributed by atoms with Crippen LogP contribution >= 0.6 is 15.9 Å². The second kappa shape index (κ2) is 2.87. The van der Waals surface area contributed by atoms with Gasteiger partial charge < -0.3 is 0 Å². The van der Waals surface area contributed by atoms with Gasteiger partial charge >= 0.3 is 0 Å². The highest BCUT2D eigenvalue weighted by Crippen LogP contribution is 2.31. The summed E-state index contributed by atoms with van der Waals surface area (Å²) < 4.78 is 26.1. The van der Waals surface area contributed by atoms with E-state index in [2.05, 4.69) is 15.9 Å². The summed E-state index contributed by atoms with van der Waals surface area (Å²) in [5, 5.41) is 0. The number of fused-ring (bicyclic) bond motifs is 1. The zero-order valence-corrected chi connectivity index (χ0v) is 8.12. The maximum Gasteiger partial charge on any atom is 0.163 e. The number of rotatable bonds is 0. The SMILES string of the molecule is O=C1CCc2c1cc(F)c(Br)c2F. The van der Waals surface area contributed by atoms with Crippen LogP contribution < -0.4 is 0 Å². The second-order valence-corrected chi connectivity index (χ2v) is 3.73. The van der Waals surface area contributed by atoms with Gasteiger partial charge in [0.2, 0.25) is 0 Å². The summed E-state index contributed by atoms with van der Waals surface area (Å²) in [7, 11) is 0. The number of hydrogen-bond acceptors (Lipinski definition) is 1. The topological polar surface area (TPSA) is 17.1 Å². The zero-order chi connectivity index (χ0) is 9.59. The summed E-state index contributed by atoms with van der Waals surface area (Å²) in [5.74, 6) is -1.53. The van der Waals surface area contributed by atoms with E-state index in [-0.39, 0.29) is 22.2 Å². The minimum Gasteiger partial charge on any atom is -0.294 e. The molecule has 0 saturated carbocycles. The Labute approximate surface area is 81.9 Å². The lowest BCUT2D eigenvalue weighted by Gasteiger charge is -2.02. The first kappa shape index (κ1) is 8.81. The molecule has 1 aliphatic rings. The molecule has 0 fully saturated rings. The van der Waals surface area contributed by atoms with Gasteiger partial charge in [0.05, 0.1) is 4.47 Å². The smallest absolute Gasteiger partial charge is 0.163 e. The van der Waals surface area contributed by atoms with Gasteiger partial charge in [0, 0.05) is 17.5 Å². The Morgan fingerprint density at radius 2 is 2.00 bits per heavy atom. The van der Waals surface area contributed by atoms with E-state index >= 15 is 0 Å². The van der Waals surface area contributed by atoms with Gasteiger partial charge in [0.25, 0.3) is 0 Å². The van der Waals surface area contributed by atoms with E-state index in [1.54, 1.807) is 0 Å². The lowest BCUT2D eigenvalue weighted by Crippen LogP contribution is -1.97. The molecule has 1 aromatic carbocycles. The zero-order valence-electron chi connectivity index (χ0n) is 6.53. The highest BCUT2D eigenvalue weighted by Gasteiger charge is 2.26. The first-order chi connectivity index (χ1) is 6.11. The molecule has 0 unspecified atom stereocenters. The van der Waals surface area contributed by atoms with Crippen LogP contribution in [-0.2, 0) is 6.42 Å². The van der Waals surface area contributed by atoms with Gasteiger partial charge in [0.15, 0.2) is 5.78 Å². The average molecular weight is 247 g/mol. The van der Waals surface area contributed by atoms with Crippen molar-refractivity contribution in [2.45, 2.75) is 12.8 Å². The van der Waals surface area contributed by atoms with Crippen LogP contribution in [0, 0.1) is 11.6 Å². The molecule has 13 heavy (non-hydrogen) atoms. The van der Waals surface area contributed by atoms with Crippen molar-refractivity contribution in [3.8, 4) is 0 Å². The number of ketones is 1. The minimum absolute atomic E-state index is 0.180. The Morgan fingerprint density at radius 3 is 2.69 bits per heavy atom. The molecule has 4 heteroatoms. The molecule has 0 radical (unpaired) electrons. The largest absolute Gasteiger partial charge is 0.294 e. The average Bonchev–Trinajstić information content (AvgIpc) is 2.45. The van der Waals surface area contributed by atoms with E-state index in [0.717, 1.165) is 6.07 Å². The molecule has 0 heterocycles. The molecular weight excluding hydrogens is 242 g/mol. The van der Waals surface area contributed by atoms with Crippen LogP contribution in [0.4, 0.5) is 8.78 Å². The first-order valence-electron chi connectivity index (χ1n) is 3.81. The maximum atomic E-state index is 13.3. The predicted octanol–water partition coefficient (Wildman–Crippen LogP) is 2.86. The van der Waals surface area contributed by atoms with Gasteiger partial charge in [-0.25, -0.2) is 8.78 Å². The standard InChI is InChI=1S/C9H5BrF2O/c10-8-6(11)3-5-4(9(8)12)1-2-7(5)13/h3H,1-2H2. The van der Waals surface area contributed by atoms with Crippen molar-refractivity contribution in [2.75, 3.05) is 0 Å². The van der Waals surface area contributed by atoms with Gasteiger partial charge in [-0.3, -0.25) is 4.79 Å². The van der Waals surface area contributed by atoms with Crippen molar-refractivity contribution < 1.29 is 13.6 Å². The third-order valence-electron chi connectivity index (χ3n) is 2.17. The molecule has 0 atom stereocenters. The van der Waals surface area contributed by atoms with Gasteiger partial charge in [0.1, 0.15) is 11.6 Å². The molecule has 1 nitrogen and oxygen atoms in total. The van der Waals surface area contributed by atoms with E-state index in [1.165, 1.54) is 0 Å². The molecule has 0 bridgehead atoms. The third-order valence-corrected chi connectivity index (χ3v) is 2.89. The van der Waals surface area contributed by atoms with Crippen LogP contribution in [0.15, 0.2) is 10.5 Å². The Morgan fingerprint density at radius 1 is 1.31 bits per heavy atom. The fraction of sp³-hybridized carbons (Fsp3) is 0.222. The van der Waals surface area contributed by atoms with Crippen molar-refractivity contribution in [1.29, 1.82) is 0 Å². The fourth-order valence-electron chi connectivity index (χ4n) is 1.50. The van der Waals surface area contributed by atoms with Crippen LogP contribution in [0.25, 0.3) is 0 Å². The van der Waals surface area contributed by atoms with Gasteiger partial charge in [-0.15, -0.1) is 0 Å². The summed E-state index contributed by atoms with van der Waals surface area (Å²) in [6.45, 7) is 0. The van der Waals surface area contributed by atoms with E-state index in [4.69, 9.17) is 0 Å². The predicted molar refractivity (Wildman–Crippen MR) is 46.7 cm³/mol.